The van der Waals surface area contributed by atoms with Gasteiger partial charge in [0.15, 0.2) is 5.84 Å². The normalized spacial score (nSPS) is 15.2. The third kappa shape index (κ3) is 7.17. The predicted octanol–water partition coefficient (Wildman–Crippen LogP) is 13.9. The average molecular weight is 693 g/mol. The second kappa shape index (κ2) is 15.8. The van der Waals surface area contributed by atoms with Gasteiger partial charge in [0.05, 0.1) is 6.04 Å². The standard InChI is InChI=1S/C48H42N2O.C2H6/c1-5-14-33(6-2)35-21-23-36(24-22-35)48(49-31(3)34-15-8-7-9-16-34)50-32(4)39-29-44(47-43-19-12-13-20-45(43)51-46(47)30-39)38-25-26-42-40(28-38)27-37-17-10-11-18-41(37)42;1-2/h5-9,11-16,18-26,28-31H,10,17,27H2,1-4H3;1-2H3/b14-5-,33-6+,49-48?,50-32?;. The smallest absolute Gasteiger partial charge is 0.155 e. The van der Waals surface area contributed by atoms with E-state index in [-0.39, 0.29) is 6.04 Å². The van der Waals surface area contributed by atoms with Crippen molar-refractivity contribution in [3.05, 3.63) is 179 Å². The van der Waals surface area contributed by atoms with Crippen molar-refractivity contribution in [1.29, 1.82) is 0 Å². The molecular formula is C50H48N2O. The van der Waals surface area contributed by atoms with E-state index in [9.17, 15) is 0 Å². The molecule has 3 heteroatoms. The van der Waals surface area contributed by atoms with Gasteiger partial charge in [0.2, 0.25) is 0 Å². The maximum absolute atomic E-state index is 6.54. The van der Waals surface area contributed by atoms with Gasteiger partial charge in [0.25, 0.3) is 0 Å². The lowest BCUT2D eigenvalue weighted by atomic mass is 9.93. The van der Waals surface area contributed by atoms with Crippen LogP contribution in [-0.4, -0.2) is 11.5 Å². The highest BCUT2D eigenvalue weighted by atomic mass is 16.3. The number of amidine groups is 1. The summed E-state index contributed by atoms with van der Waals surface area (Å²) in [7, 11) is 0. The number of nitrogens with zero attached hydrogens (tertiary/aromatic N) is 2. The van der Waals surface area contributed by atoms with Crippen LogP contribution in [0.5, 0.6) is 0 Å². The van der Waals surface area contributed by atoms with Gasteiger partial charge in [-0.3, -0.25) is 4.99 Å². The van der Waals surface area contributed by atoms with Crippen molar-refractivity contribution < 1.29 is 4.42 Å². The fraction of sp³-hybridized carbons (Fsp3) is 0.200. The summed E-state index contributed by atoms with van der Waals surface area (Å²) in [6.07, 6.45) is 14.3. The van der Waals surface area contributed by atoms with Crippen LogP contribution in [-0.2, 0) is 6.42 Å². The molecule has 0 bridgehead atoms. The van der Waals surface area contributed by atoms with E-state index < -0.39 is 0 Å². The van der Waals surface area contributed by atoms with Gasteiger partial charge in [-0.25, -0.2) is 4.99 Å². The first kappa shape index (κ1) is 35.6. The lowest BCUT2D eigenvalue weighted by Crippen LogP contribution is -2.06. The number of rotatable bonds is 7. The monoisotopic (exact) mass is 692 g/mol. The van der Waals surface area contributed by atoms with E-state index in [0.29, 0.717) is 5.84 Å². The van der Waals surface area contributed by atoms with E-state index in [1.165, 1.54) is 27.8 Å². The molecule has 0 saturated carbocycles. The summed E-state index contributed by atoms with van der Waals surface area (Å²) in [4.78, 5) is 10.5. The number of hydrogen-bond donors (Lipinski definition) is 0. The van der Waals surface area contributed by atoms with Crippen molar-refractivity contribution in [1.82, 2.24) is 0 Å². The first-order valence-electron chi connectivity index (χ1n) is 19.1. The largest absolute Gasteiger partial charge is 0.456 e. The lowest BCUT2D eigenvalue weighted by Gasteiger charge is -2.13. The highest BCUT2D eigenvalue weighted by molar-refractivity contribution is 6.17. The Morgan fingerprint density at radius 1 is 0.774 bits per heavy atom. The summed E-state index contributed by atoms with van der Waals surface area (Å²) in [6.45, 7) is 12.3. The van der Waals surface area contributed by atoms with Gasteiger partial charge >= 0.3 is 0 Å². The SMILES string of the molecule is C/C=C\C(=C/C)c1ccc(C(N=C(C)c2cc(-c3ccc4c(c3)CC3=C4C=CCC3)c3c(c2)oc2ccccc23)=NC(C)c2ccccc2)cc1.CC. The Kier molecular flexibility index (Phi) is 10.6. The van der Waals surface area contributed by atoms with Crippen LogP contribution in [0, 0.1) is 0 Å². The molecule has 5 aromatic carbocycles. The van der Waals surface area contributed by atoms with Crippen molar-refractivity contribution in [2.45, 2.75) is 66.8 Å². The number of aliphatic imine (C=N–C) groups is 2. The van der Waals surface area contributed by atoms with Crippen molar-refractivity contribution in [3.63, 3.8) is 0 Å². The van der Waals surface area contributed by atoms with Crippen LogP contribution in [0.3, 0.4) is 0 Å². The van der Waals surface area contributed by atoms with Crippen LogP contribution in [0.1, 0.15) is 93.8 Å². The summed E-state index contributed by atoms with van der Waals surface area (Å²) in [6, 6.07) is 38.7. The van der Waals surface area contributed by atoms with Crippen molar-refractivity contribution in [2.75, 3.05) is 0 Å². The zero-order valence-corrected chi connectivity index (χ0v) is 31.8. The number of hydrogen-bond acceptors (Lipinski definition) is 2. The van der Waals surface area contributed by atoms with Crippen LogP contribution in [0.4, 0.5) is 0 Å². The maximum atomic E-state index is 6.54. The molecule has 0 aliphatic heterocycles. The minimum atomic E-state index is -0.0688. The first-order chi connectivity index (χ1) is 26.0. The van der Waals surface area contributed by atoms with Gasteiger partial charge < -0.3 is 4.42 Å². The zero-order valence-electron chi connectivity index (χ0n) is 31.8. The molecular weight excluding hydrogens is 645 g/mol. The Labute approximate surface area is 314 Å². The van der Waals surface area contributed by atoms with Gasteiger partial charge in [0, 0.05) is 27.6 Å². The Balaban J connectivity index is 0.00000214. The molecule has 1 atom stereocenters. The van der Waals surface area contributed by atoms with Gasteiger partial charge in [-0.15, -0.1) is 0 Å². The fourth-order valence-corrected chi connectivity index (χ4v) is 7.60. The van der Waals surface area contributed by atoms with E-state index in [2.05, 4.69) is 148 Å². The van der Waals surface area contributed by atoms with Gasteiger partial charge in [-0.2, -0.15) is 0 Å². The molecule has 0 radical (unpaired) electrons. The van der Waals surface area contributed by atoms with Crippen LogP contribution in [0.15, 0.2) is 160 Å². The molecule has 3 nitrogen and oxygen atoms in total. The van der Waals surface area contributed by atoms with Gasteiger partial charge in [-0.1, -0.05) is 141 Å². The quantitative estimate of drug-likeness (QED) is 0.0932. The second-order valence-electron chi connectivity index (χ2n) is 13.6. The molecule has 2 aliphatic carbocycles. The third-order valence-corrected chi connectivity index (χ3v) is 10.3. The maximum Gasteiger partial charge on any atom is 0.155 e. The summed E-state index contributed by atoms with van der Waals surface area (Å²) < 4.78 is 6.54. The summed E-state index contributed by atoms with van der Waals surface area (Å²) in [5.41, 5.74) is 16.3. The van der Waals surface area contributed by atoms with E-state index in [4.69, 9.17) is 14.4 Å². The molecule has 264 valence electrons. The topological polar surface area (TPSA) is 37.9 Å². The zero-order chi connectivity index (χ0) is 36.9. The molecule has 8 rings (SSSR count). The highest BCUT2D eigenvalue weighted by Crippen LogP contribution is 2.43. The molecule has 0 fully saturated rings. The van der Waals surface area contributed by atoms with E-state index in [0.717, 1.165) is 74.7 Å². The number of allylic oxidation sites excluding steroid dienone is 8. The molecule has 0 amide bonds. The molecule has 1 unspecified atom stereocenters. The highest BCUT2D eigenvalue weighted by Gasteiger charge is 2.23. The number of fused-ring (bicyclic) bond motifs is 5. The van der Waals surface area contributed by atoms with Gasteiger partial charge in [0.1, 0.15) is 11.2 Å². The Morgan fingerprint density at radius 2 is 1.53 bits per heavy atom. The minimum Gasteiger partial charge on any atom is -0.456 e. The summed E-state index contributed by atoms with van der Waals surface area (Å²) in [5.74, 6) is 0.706. The third-order valence-electron chi connectivity index (χ3n) is 10.3. The van der Waals surface area contributed by atoms with Crippen LogP contribution in [0.25, 0.3) is 44.2 Å². The number of para-hydroxylation sites is 1. The minimum absolute atomic E-state index is 0.0688. The van der Waals surface area contributed by atoms with Gasteiger partial charge in [-0.05, 0) is 110 Å². The van der Waals surface area contributed by atoms with Crippen molar-refractivity contribution >= 4 is 44.6 Å². The van der Waals surface area contributed by atoms with E-state index in [1.54, 1.807) is 5.57 Å². The molecule has 0 saturated heterocycles. The Bertz CT molecular complexity index is 2460. The molecule has 0 spiro atoms. The number of benzene rings is 5. The lowest BCUT2D eigenvalue weighted by molar-refractivity contribution is 0.669. The Morgan fingerprint density at radius 3 is 2.30 bits per heavy atom. The van der Waals surface area contributed by atoms with E-state index >= 15 is 0 Å². The Hall–Kier alpha value is -5.80. The summed E-state index contributed by atoms with van der Waals surface area (Å²) in [5, 5.41) is 2.27. The summed E-state index contributed by atoms with van der Waals surface area (Å²) >= 11 is 0. The molecule has 6 aromatic rings. The van der Waals surface area contributed by atoms with Crippen LogP contribution >= 0.6 is 0 Å². The fourth-order valence-electron chi connectivity index (χ4n) is 7.60. The van der Waals surface area contributed by atoms with Crippen LogP contribution < -0.4 is 0 Å². The molecule has 2 aliphatic rings. The first-order valence-corrected chi connectivity index (χ1v) is 19.1. The number of furan rings is 1. The van der Waals surface area contributed by atoms with Crippen molar-refractivity contribution in [3.8, 4) is 11.1 Å². The van der Waals surface area contributed by atoms with Crippen LogP contribution in [0.2, 0.25) is 0 Å². The van der Waals surface area contributed by atoms with Crippen molar-refractivity contribution in [2.24, 2.45) is 9.98 Å². The molecule has 1 heterocycles. The predicted molar refractivity (Wildman–Crippen MR) is 228 cm³/mol. The molecule has 53 heavy (non-hydrogen) atoms. The molecule has 1 aromatic heterocycles. The second-order valence-corrected chi connectivity index (χ2v) is 13.6. The molecule has 0 N–H and O–H groups in total. The van der Waals surface area contributed by atoms with E-state index in [1.807, 2.05) is 32.9 Å². The average Bonchev–Trinajstić information content (AvgIpc) is 3.78.